The Bertz CT molecular complexity index is 867. The van der Waals surface area contributed by atoms with Crippen molar-refractivity contribution in [2.45, 2.75) is 44.7 Å². The largest absolute Gasteiger partial charge is 0.435 e. The molecule has 2 amide bonds. The van der Waals surface area contributed by atoms with Crippen molar-refractivity contribution in [3.8, 4) is 5.69 Å². The van der Waals surface area contributed by atoms with Crippen molar-refractivity contribution in [2.75, 3.05) is 25.0 Å². The molecule has 1 aromatic heterocycles. The van der Waals surface area contributed by atoms with Gasteiger partial charge in [0.25, 0.3) is 0 Å². The summed E-state index contributed by atoms with van der Waals surface area (Å²) >= 11 is 0. The molecule has 5 nitrogen and oxygen atoms in total. The van der Waals surface area contributed by atoms with E-state index in [0.29, 0.717) is 35.5 Å². The lowest BCUT2D eigenvalue weighted by molar-refractivity contribution is -0.142. The average Bonchev–Trinajstić information content (AvgIpc) is 3.35. The van der Waals surface area contributed by atoms with Crippen molar-refractivity contribution >= 4 is 11.7 Å². The monoisotopic (exact) mass is 392 g/mol. The number of anilines is 1. The summed E-state index contributed by atoms with van der Waals surface area (Å²) < 4.78 is 41.6. The molecule has 2 aliphatic rings. The normalized spacial score (nSPS) is 16.9. The lowest BCUT2D eigenvalue weighted by Gasteiger charge is -2.24. The molecule has 28 heavy (non-hydrogen) atoms. The first kappa shape index (κ1) is 18.8. The predicted octanol–water partition coefficient (Wildman–Crippen LogP) is 4.42. The molecule has 0 unspecified atom stereocenters. The van der Waals surface area contributed by atoms with Crippen molar-refractivity contribution in [3.05, 3.63) is 41.2 Å². The van der Waals surface area contributed by atoms with Crippen LogP contribution in [0, 0.1) is 0 Å². The topological polar surface area (TPSA) is 41.4 Å². The molecular weight excluding hydrogens is 369 g/mol. The maximum Gasteiger partial charge on any atom is 0.435 e. The van der Waals surface area contributed by atoms with Gasteiger partial charge in [0.2, 0.25) is 0 Å². The summed E-state index contributed by atoms with van der Waals surface area (Å²) in [7, 11) is 1.72. The van der Waals surface area contributed by atoms with Gasteiger partial charge in [0.05, 0.1) is 5.69 Å². The molecule has 150 valence electrons. The third-order valence-corrected chi connectivity index (χ3v) is 5.59. The van der Waals surface area contributed by atoms with Crippen LogP contribution < -0.4 is 4.90 Å². The van der Waals surface area contributed by atoms with Crippen LogP contribution in [0.2, 0.25) is 0 Å². The summed E-state index contributed by atoms with van der Waals surface area (Å²) in [5.41, 5.74) is 1.49. The summed E-state index contributed by atoms with van der Waals surface area (Å²) in [6, 6.07) is 6.91. The Morgan fingerprint density at radius 1 is 1.04 bits per heavy atom. The first-order chi connectivity index (χ1) is 13.4. The molecule has 0 atom stereocenters. The Morgan fingerprint density at radius 2 is 1.68 bits per heavy atom. The number of carbonyl (C=O) groups is 1. The van der Waals surface area contributed by atoms with Crippen molar-refractivity contribution < 1.29 is 18.0 Å². The molecule has 0 radical (unpaired) electrons. The van der Waals surface area contributed by atoms with E-state index in [1.807, 2.05) is 4.90 Å². The first-order valence-corrected chi connectivity index (χ1v) is 9.67. The van der Waals surface area contributed by atoms with E-state index < -0.39 is 11.9 Å². The molecule has 4 rings (SSSR count). The maximum atomic E-state index is 13.4. The van der Waals surface area contributed by atoms with E-state index in [2.05, 4.69) is 5.10 Å². The minimum atomic E-state index is -4.45. The van der Waals surface area contributed by atoms with Gasteiger partial charge in [-0.1, -0.05) is 0 Å². The van der Waals surface area contributed by atoms with E-state index in [4.69, 9.17) is 0 Å². The number of rotatable bonds is 2. The van der Waals surface area contributed by atoms with E-state index in [9.17, 15) is 18.0 Å². The Labute approximate surface area is 161 Å². The van der Waals surface area contributed by atoms with Crippen molar-refractivity contribution in [1.82, 2.24) is 14.7 Å². The third kappa shape index (κ3) is 3.36. The zero-order valence-corrected chi connectivity index (χ0v) is 15.8. The quantitative estimate of drug-likeness (QED) is 0.759. The van der Waals surface area contributed by atoms with Gasteiger partial charge in [0.1, 0.15) is 0 Å². The highest BCUT2D eigenvalue weighted by Gasteiger charge is 2.39. The second kappa shape index (κ2) is 7.14. The summed E-state index contributed by atoms with van der Waals surface area (Å²) in [4.78, 5) is 15.9. The number of fused-ring (bicyclic) bond motifs is 1. The minimum absolute atomic E-state index is 0.0546. The Balaban J connectivity index is 1.62. The minimum Gasteiger partial charge on any atom is -0.324 e. The summed E-state index contributed by atoms with van der Waals surface area (Å²) in [6.45, 7) is 1.53. The fraction of sp³-hybridized carbons (Fsp3) is 0.500. The highest BCUT2D eigenvalue weighted by Crippen LogP contribution is 2.37. The summed E-state index contributed by atoms with van der Waals surface area (Å²) in [5, 5.41) is 3.91. The number of halogens is 3. The molecule has 8 heteroatoms. The number of benzene rings is 1. The van der Waals surface area contributed by atoms with Gasteiger partial charge >= 0.3 is 12.2 Å². The predicted molar refractivity (Wildman–Crippen MR) is 99.8 cm³/mol. The fourth-order valence-electron chi connectivity index (χ4n) is 4.09. The SMILES string of the molecule is CN(C(=O)N1CCCC1)c1ccc(-n2nc(C(F)(F)F)c3c2CCCC3)cc1. The molecule has 0 N–H and O–H groups in total. The average molecular weight is 392 g/mol. The standard InChI is InChI=1S/C20H23F3N4O/c1-25(19(28)26-12-4-5-13-26)14-8-10-15(11-9-14)27-17-7-3-2-6-16(17)18(24-27)20(21,22)23/h8-11H,2-7,12-13H2,1H3. The highest BCUT2D eigenvalue weighted by molar-refractivity contribution is 5.91. The van der Waals surface area contributed by atoms with Crippen LogP contribution in [-0.2, 0) is 19.0 Å². The number of carbonyl (C=O) groups excluding carboxylic acids is 1. The second-order valence-electron chi connectivity index (χ2n) is 7.44. The van der Waals surface area contributed by atoms with Crippen LogP contribution in [0.4, 0.5) is 23.7 Å². The van der Waals surface area contributed by atoms with Gasteiger partial charge in [0, 0.05) is 37.1 Å². The number of urea groups is 1. The van der Waals surface area contributed by atoms with E-state index in [1.54, 1.807) is 36.2 Å². The van der Waals surface area contributed by atoms with E-state index in [-0.39, 0.29) is 6.03 Å². The van der Waals surface area contributed by atoms with Gasteiger partial charge in [-0.3, -0.25) is 4.90 Å². The number of alkyl halides is 3. The van der Waals surface area contributed by atoms with Crippen LogP contribution in [0.25, 0.3) is 5.69 Å². The number of amides is 2. The van der Waals surface area contributed by atoms with Gasteiger partial charge in [-0.2, -0.15) is 18.3 Å². The third-order valence-electron chi connectivity index (χ3n) is 5.59. The Hall–Kier alpha value is -2.51. The number of hydrogen-bond donors (Lipinski definition) is 0. The van der Waals surface area contributed by atoms with Crippen LogP contribution in [-0.4, -0.2) is 40.8 Å². The van der Waals surface area contributed by atoms with Crippen molar-refractivity contribution in [1.29, 1.82) is 0 Å². The molecule has 1 fully saturated rings. The van der Waals surface area contributed by atoms with Crippen LogP contribution in [0.3, 0.4) is 0 Å². The van der Waals surface area contributed by atoms with Crippen molar-refractivity contribution in [3.63, 3.8) is 0 Å². The second-order valence-corrected chi connectivity index (χ2v) is 7.44. The van der Waals surface area contributed by atoms with Crippen LogP contribution in [0.15, 0.2) is 24.3 Å². The van der Waals surface area contributed by atoms with Gasteiger partial charge in [-0.05, 0) is 62.8 Å². The zero-order chi connectivity index (χ0) is 19.9. The number of likely N-dealkylation sites (tertiary alicyclic amines) is 1. The van der Waals surface area contributed by atoms with Gasteiger partial charge in [0.15, 0.2) is 5.69 Å². The van der Waals surface area contributed by atoms with Gasteiger partial charge < -0.3 is 4.90 Å². The zero-order valence-electron chi connectivity index (χ0n) is 15.8. The molecule has 0 bridgehead atoms. The lowest BCUT2D eigenvalue weighted by Crippen LogP contribution is -2.39. The summed E-state index contributed by atoms with van der Waals surface area (Å²) in [5.74, 6) is 0. The van der Waals surface area contributed by atoms with Crippen LogP contribution in [0.1, 0.15) is 42.6 Å². The molecule has 1 aliphatic heterocycles. The fourth-order valence-corrected chi connectivity index (χ4v) is 4.09. The molecule has 2 aromatic rings. The van der Waals surface area contributed by atoms with E-state index in [1.165, 1.54) is 4.68 Å². The summed E-state index contributed by atoms with van der Waals surface area (Å²) in [6.07, 6.45) is 0.206. The first-order valence-electron chi connectivity index (χ1n) is 9.67. The Morgan fingerprint density at radius 3 is 2.32 bits per heavy atom. The van der Waals surface area contributed by atoms with Crippen molar-refractivity contribution in [2.24, 2.45) is 0 Å². The molecule has 0 saturated carbocycles. The number of hydrogen-bond acceptors (Lipinski definition) is 2. The molecule has 1 aromatic carbocycles. The van der Waals surface area contributed by atoms with Gasteiger partial charge in [-0.25, -0.2) is 9.48 Å². The molecule has 2 heterocycles. The maximum absolute atomic E-state index is 13.4. The smallest absolute Gasteiger partial charge is 0.324 e. The van der Waals surface area contributed by atoms with E-state index >= 15 is 0 Å². The molecule has 1 saturated heterocycles. The Kier molecular flexibility index (Phi) is 4.81. The molecule has 1 aliphatic carbocycles. The number of aromatic nitrogens is 2. The van der Waals surface area contributed by atoms with Gasteiger partial charge in [-0.15, -0.1) is 0 Å². The van der Waals surface area contributed by atoms with Crippen LogP contribution >= 0.6 is 0 Å². The molecular formula is C20H23F3N4O. The lowest BCUT2D eigenvalue weighted by atomic mass is 9.95. The van der Waals surface area contributed by atoms with Crippen LogP contribution in [0.5, 0.6) is 0 Å². The number of nitrogens with zero attached hydrogens (tertiary/aromatic N) is 4. The molecule has 0 spiro atoms. The van der Waals surface area contributed by atoms with E-state index in [0.717, 1.165) is 38.8 Å². The highest BCUT2D eigenvalue weighted by atomic mass is 19.4.